The molecule has 1 aromatic rings. The van der Waals surface area contributed by atoms with Crippen LogP contribution in [0.3, 0.4) is 0 Å². The van der Waals surface area contributed by atoms with Gasteiger partial charge in [0.05, 0.1) is 6.61 Å². The smallest absolute Gasteiger partial charge is 0.325 e. The van der Waals surface area contributed by atoms with Gasteiger partial charge in [0.25, 0.3) is 11.5 Å². The van der Waals surface area contributed by atoms with Crippen molar-refractivity contribution < 1.29 is 14.3 Å². The molecule has 1 amide bonds. The van der Waals surface area contributed by atoms with E-state index >= 15 is 0 Å². The number of hydrogen-bond donors (Lipinski definition) is 0. The Morgan fingerprint density at radius 2 is 2.24 bits per heavy atom. The van der Waals surface area contributed by atoms with Crippen LogP contribution in [-0.2, 0) is 16.1 Å². The molecule has 114 valence electrons. The number of nitrogens with zero attached hydrogens (tertiary/aromatic N) is 3. The van der Waals surface area contributed by atoms with Crippen molar-refractivity contribution >= 4 is 23.6 Å². The molecule has 0 atom stereocenters. The highest BCUT2D eigenvalue weighted by Crippen LogP contribution is 2.20. The van der Waals surface area contributed by atoms with Crippen molar-refractivity contribution in [2.45, 2.75) is 25.5 Å². The largest absolute Gasteiger partial charge is 0.465 e. The van der Waals surface area contributed by atoms with Crippen molar-refractivity contribution in [2.75, 3.05) is 25.4 Å². The second-order valence-corrected chi connectivity index (χ2v) is 5.45. The van der Waals surface area contributed by atoms with Gasteiger partial charge in [0.15, 0.2) is 5.16 Å². The fourth-order valence-corrected chi connectivity index (χ4v) is 2.94. The van der Waals surface area contributed by atoms with Crippen molar-refractivity contribution in [3.05, 3.63) is 22.1 Å². The number of rotatable bonds is 5. The lowest BCUT2D eigenvalue weighted by Gasteiger charge is -2.19. The van der Waals surface area contributed by atoms with Gasteiger partial charge < -0.3 is 9.64 Å². The van der Waals surface area contributed by atoms with Crippen molar-refractivity contribution in [3.63, 3.8) is 0 Å². The van der Waals surface area contributed by atoms with E-state index in [0.29, 0.717) is 18.2 Å². The van der Waals surface area contributed by atoms with Crippen molar-refractivity contribution in [2.24, 2.45) is 0 Å². The van der Waals surface area contributed by atoms with Crippen LogP contribution in [0.15, 0.2) is 16.1 Å². The van der Waals surface area contributed by atoms with Gasteiger partial charge in [-0.15, -0.1) is 0 Å². The number of hydrogen-bond acceptors (Lipinski definition) is 6. The Kier molecular flexibility index (Phi) is 5.00. The van der Waals surface area contributed by atoms with Gasteiger partial charge in [0.2, 0.25) is 0 Å². The summed E-state index contributed by atoms with van der Waals surface area (Å²) in [6.45, 7) is 4.39. The van der Waals surface area contributed by atoms with Crippen molar-refractivity contribution in [1.29, 1.82) is 0 Å². The Morgan fingerprint density at radius 1 is 1.48 bits per heavy atom. The van der Waals surface area contributed by atoms with Crippen LogP contribution in [0.4, 0.5) is 0 Å². The number of carbonyl (C=O) groups is 2. The highest BCUT2D eigenvalue weighted by atomic mass is 32.2. The number of aromatic nitrogens is 2. The van der Waals surface area contributed by atoms with Gasteiger partial charge in [-0.2, -0.15) is 0 Å². The highest BCUT2D eigenvalue weighted by Gasteiger charge is 2.24. The summed E-state index contributed by atoms with van der Waals surface area (Å²) in [6, 6.07) is 0. The molecule has 0 spiro atoms. The maximum atomic E-state index is 12.4. The standard InChI is InChI=1S/C13H17N3O4S/c1-3-15(8-10(17)20-4-2)11(18)9-7-14-13-16(12(9)19)5-6-21-13/h7H,3-6,8H2,1-2H3. The minimum Gasteiger partial charge on any atom is -0.465 e. The van der Waals surface area contributed by atoms with Gasteiger partial charge in [-0.25, -0.2) is 4.98 Å². The maximum absolute atomic E-state index is 12.4. The molecule has 0 saturated heterocycles. The van der Waals surface area contributed by atoms with Gasteiger partial charge >= 0.3 is 5.97 Å². The van der Waals surface area contributed by atoms with Gasteiger partial charge in [0, 0.05) is 25.0 Å². The first-order chi connectivity index (χ1) is 10.1. The third-order valence-corrected chi connectivity index (χ3v) is 4.05. The second kappa shape index (κ2) is 6.75. The SMILES string of the molecule is CCOC(=O)CN(CC)C(=O)c1cnc2n(c1=O)CCS2. The molecule has 2 rings (SSSR count). The quantitative estimate of drug-likeness (QED) is 0.577. The van der Waals surface area contributed by atoms with E-state index in [2.05, 4.69) is 4.98 Å². The molecule has 1 aliphatic heterocycles. The molecule has 2 heterocycles. The molecule has 8 heteroatoms. The Morgan fingerprint density at radius 3 is 2.90 bits per heavy atom. The number of carbonyl (C=O) groups excluding carboxylic acids is 2. The number of fused-ring (bicyclic) bond motifs is 1. The summed E-state index contributed by atoms with van der Waals surface area (Å²) < 4.78 is 6.33. The van der Waals surface area contributed by atoms with Crippen LogP contribution >= 0.6 is 11.8 Å². The topological polar surface area (TPSA) is 81.5 Å². The third-order valence-electron chi connectivity index (χ3n) is 3.08. The number of esters is 1. The zero-order chi connectivity index (χ0) is 15.4. The van der Waals surface area contributed by atoms with Gasteiger partial charge in [-0.3, -0.25) is 19.0 Å². The minimum absolute atomic E-state index is 0.00704. The summed E-state index contributed by atoms with van der Waals surface area (Å²) in [6.07, 6.45) is 1.29. The van der Waals surface area contributed by atoms with Crippen molar-refractivity contribution in [1.82, 2.24) is 14.5 Å². The first-order valence-corrected chi connectivity index (χ1v) is 7.74. The molecular formula is C13H17N3O4S. The predicted octanol–water partition coefficient (Wildman–Crippen LogP) is 0.374. The second-order valence-electron chi connectivity index (χ2n) is 4.38. The molecule has 0 aliphatic carbocycles. The fourth-order valence-electron chi connectivity index (χ4n) is 2.02. The van der Waals surface area contributed by atoms with Crippen LogP contribution in [0.5, 0.6) is 0 Å². The van der Waals surface area contributed by atoms with E-state index in [1.54, 1.807) is 13.8 Å². The van der Waals surface area contributed by atoms with Crippen LogP contribution in [0.2, 0.25) is 0 Å². The number of likely N-dealkylation sites (N-methyl/N-ethyl adjacent to an activating group) is 1. The van der Waals surface area contributed by atoms with Crippen molar-refractivity contribution in [3.8, 4) is 0 Å². The number of ether oxygens (including phenoxy) is 1. The number of thioether (sulfide) groups is 1. The normalized spacial score (nSPS) is 12.9. The van der Waals surface area contributed by atoms with E-state index in [-0.39, 0.29) is 24.3 Å². The lowest BCUT2D eigenvalue weighted by atomic mass is 10.2. The van der Waals surface area contributed by atoms with E-state index in [1.165, 1.54) is 27.4 Å². The monoisotopic (exact) mass is 311 g/mol. The summed E-state index contributed by atoms with van der Waals surface area (Å²) in [5.41, 5.74) is -0.357. The van der Waals surface area contributed by atoms with E-state index in [0.717, 1.165) is 5.75 Å². The molecule has 0 unspecified atom stereocenters. The van der Waals surface area contributed by atoms with Crippen LogP contribution in [-0.4, -0.2) is 51.8 Å². The highest BCUT2D eigenvalue weighted by molar-refractivity contribution is 7.99. The van der Waals surface area contributed by atoms with Gasteiger partial charge in [0.1, 0.15) is 12.1 Å². The lowest BCUT2D eigenvalue weighted by molar-refractivity contribution is -0.143. The molecular weight excluding hydrogens is 294 g/mol. The van der Waals surface area contributed by atoms with Crippen LogP contribution in [0.25, 0.3) is 0 Å². The minimum atomic E-state index is -0.491. The van der Waals surface area contributed by atoms with Gasteiger partial charge in [-0.1, -0.05) is 11.8 Å². The van der Waals surface area contributed by atoms with Crippen LogP contribution in [0.1, 0.15) is 24.2 Å². The molecule has 0 saturated carbocycles. The summed E-state index contributed by atoms with van der Waals surface area (Å²) in [7, 11) is 0. The molecule has 0 bridgehead atoms. The van der Waals surface area contributed by atoms with Crippen LogP contribution in [0, 0.1) is 0 Å². The van der Waals surface area contributed by atoms with E-state index < -0.39 is 11.9 Å². The Labute approximate surface area is 126 Å². The lowest BCUT2D eigenvalue weighted by Crippen LogP contribution is -2.40. The first kappa shape index (κ1) is 15.6. The van der Waals surface area contributed by atoms with E-state index in [4.69, 9.17) is 4.74 Å². The molecule has 0 radical (unpaired) electrons. The van der Waals surface area contributed by atoms with E-state index in [1.807, 2.05) is 0 Å². The Hall–Kier alpha value is -1.83. The van der Waals surface area contributed by atoms with Crippen LogP contribution < -0.4 is 5.56 Å². The third kappa shape index (κ3) is 3.26. The Bertz CT molecular complexity index is 614. The first-order valence-electron chi connectivity index (χ1n) is 6.76. The Balaban J connectivity index is 2.22. The summed E-state index contributed by atoms with van der Waals surface area (Å²) in [4.78, 5) is 41.6. The zero-order valence-corrected chi connectivity index (χ0v) is 12.8. The molecule has 0 N–H and O–H groups in total. The molecule has 1 aliphatic rings. The predicted molar refractivity (Wildman–Crippen MR) is 77.4 cm³/mol. The molecule has 0 aromatic carbocycles. The van der Waals surface area contributed by atoms with E-state index in [9.17, 15) is 14.4 Å². The molecule has 21 heavy (non-hydrogen) atoms. The number of amides is 1. The average molecular weight is 311 g/mol. The van der Waals surface area contributed by atoms with Gasteiger partial charge in [-0.05, 0) is 13.8 Å². The zero-order valence-electron chi connectivity index (χ0n) is 12.0. The summed E-state index contributed by atoms with van der Waals surface area (Å²) in [5, 5.41) is 0.630. The molecule has 1 aromatic heterocycles. The molecule has 0 fully saturated rings. The summed E-state index contributed by atoms with van der Waals surface area (Å²) in [5.74, 6) is -0.201. The summed E-state index contributed by atoms with van der Waals surface area (Å²) >= 11 is 1.49. The molecule has 7 nitrogen and oxygen atoms in total. The fraction of sp³-hybridized carbons (Fsp3) is 0.538. The average Bonchev–Trinajstić information content (AvgIpc) is 2.94. The maximum Gasteiger partial charge on any atom is 0.325 e.